The molecule has 0 spiro atoms. The first-order valence-electron chi connectivity index (χ1n) is 6.07. The molecule has 2 unspecified atom stereocenters. The summed E-state index contributed by atoms with van der Waals surface area (Å²) in [5.41, 5.74) is 4.64. The van der Waals surface area contributed by atoms with E-state index < -0.39 is 17.4 Å². The molecule has 3 N–H and O–H groups in total. The van der Waals surface area contributed by atoms with Crippen molar-refractivity contribution in [1.82, 2.24) is 25.1 Å². The van der Waals surface area contributed by atoms with Crippen molar-refractivity contribution < 1.29 is 14.7 Å². The van der Waals surface area contributed by atoms with Gasteiger partial charge in [0.1, 0.15) is 16.8 Å². The molecule has 3 atom stereocenters. The third kappa shape index (κ3) is 1.79. The van der Waals surface area contributed by atoms with Gasteiger partial charge in [0, 0.05) is 25.8 Å². The number of carbonyl (C=O) groups is 2. The molecule has 2 aliphatic rings. The summed E-state index contributed by atoms with van der Waals surface area (Å²) >= 11 is 1.41. The number of β-lactam (4-membered cyclic amide) rings is 1. The van der Waals surface area contributed by atoms with Crippen LogP contribution in [-0.2, 0) is 23.1 Å². The van der Waals surface area contributed by atoms with E-state index in [2.05, 4.69) is 15.5 Å². The first kappa shape index (κ1) is 13.3. The standard InChI is InChI=1S/C10H14N6O3S/c1-15-5(12-13-14-15)2-10(9(18)19)3-16-7(17)6(11)8(16)20-4-10/h6,8H,2-4,11H2,1H3,(H,18,19)/t6?,8-,10?/m1/s1. The first-order valence-corrected chi connectivity index (χ1v) is 7.12. The number of aromatic nitrogens is 4. The molecule has 2 fully saturated rings. The number of thioether (sulfide) groups is 1. The summed E-state index contributed by atoms with van der Waals surface area (Å²) in [7, 11) is 1.66. The second kappa shape index (κ2) is 4.42. The van der Waals surface area contributed by atoms with Gasteiger partial charge in [-0.3, -0.25) is 9.59 Å². The number of aryl methyl sites for hydroxylation is 1. The largest absolute Gasteiger partial charge is 0.481 e. The van der Waals surface area contributed by atoms with Gasteiger partial charge in [-0.2, -0.15) is 0 Å². The molecule has 2 saturated heterocycles. The number of carboxylic acids is 1. The van der Waals surface area contributed by atoms with Crippen LogP contribution in [0.2, 0.25) is 0 Å². The molecule has 0 saturated carbocycles. The number of hydrogen-bond acceptors (Lipinski definition) is 7. The minimum atomic E-state index is -1.07. The number of aliphatic carboxylic acids is 1. The van der Waals surface area contributed by atoms with E-state index in [4.69, 9.17) is 5.73 Å². The number of carboxylic acid groups (broad SMARTS) is 1. The van der Waals surface area contributed by atoms with Crippen LogP contribution >= 0.6 is 11.8 Å². The lowest BCUT2D eigenvalue weighted by molar-refractivity contribution is -0.156. The quantitative estimate of drug-likeness (QED) is 0.617. The third-order valence-electron chi connectivity index (χ3n) is 3.84. The minimum Gasteiger partial charge on any atom is -0.481 e. The van der Waals surface area contributed by atoms with Crippen LogP contribution in [0.1, 0.15) is 5.82 Å². The van der Waals surface area contributed by atoms with Crippen molar-refractivity contribution in [1.29, 1.82) is 0 Å². The molecule has 0 bridgehead atoms. The van der Waals surface area contributed by atoms with Gasteiger partial charge in [-0.05, 0) is 10.4 Å². The number of nitrogens with two attached hydrogens (primary N) is 1. The fraction of sp³-hybridized carbons (Fsp3) is 0.700. The molecule has 1 amide bonds. The summed E-state index contributed by atoms with van der Waals surface area (Å²) < 4.78 is 1.45. The van der Waals surface area contributed by atoms with Gasteiger partial charge >= 0.3 is 5.97 Å². The molecule has 10 heteroatoms. The highest BCUT2D eigenvalue weighted by Crippen LogP contribution is 2.42. The van der Waals surface area contributed by atoms with Crippen molar-refractivity contribution in [2.45, 2.75) is 17.8 Å². The van der Waals surface area contributed by atoms with E-state index in [9.17, 15) is 14.7 Å². The molecule has 108 valence electrons. The molecule has 3 heterocycles. The van der Waals surface area contributed by atoms with Crippen molar-refractivity contribution >= 4 is 23.6 Å². The van der Waals surface area contributed by atoms with Gasteiger partial charge in [0.2, 0.25) is 5.91 Å². The van der Waals surface area contributed by atoms with E-state index in [1.807, 2.05) is 0 Å². The van der Waals surface area contributed by atoms with Crippen LogP contribution in [0.5, 0.6) is 0 Å². The van der Waals surface area contributed by atoms with E-state index in [0.29, 0.717) is 11.6 Å². The maximum Gasteiger partial charge on any atom is 0.312 e. The van der Waals surface area contributed by atoms with Crippen LogP contribution in [0.3, 0.4) is 0 Å². The number of nitrogens with zero attached hydrogens (tertiary/aromatic N) is 5. The normalized spacial score (nSPS) is 32.7. The van der Waals surface area contributed by atoms with E-state index in [1.54, 1.807) is 7.05 Å². The van der Waals surface area contributed by atoms with Gasteiger partial charge in [-0.25, -0.2) is 4.68 Å². The monoisotopic (exact) mass is 298 g/mol. The average molecular weight is 298 g/mol. The molecular weight excluding hydrogens is 284 g/mol. The molecule has 3 rings (SSSR count). The highest BCUT2D eigenvalue weighted by molar-refractivity contribution is 8.00. The van der Waals surface area contributed by atoms with Gasteiger partial charge in [0.25, 0.3) is 0 Å². The number of amides is 1. The summed E-state index contributed by atoms with van der Waals surface area (Å²) in [4.78, 5) is 25.0. The highest BCUT2D eigenvalue weighted by atomic mass is 32.2. The molecule has 0 radical (unpaired) electrons. The molecule has 1 aromatic rings. The molecule has 9 nitrogen and oxygen atoms in total. The van der Waals surface area contributed by atoms with Crippen molar-refractivity contribution in [2.75, 3.05) is 12.3 Å². The number of fused-ring (bicyclic) bond motifs is 1. The zero-order valence-corrected chi connectivity index (χ0v) is 11.6. The fourth-order valence-electron chi connectivity index (χ4n) is 2.54. The smallest absolute Gasteiger partial charge is 0.312 e. The Balaban J connectivity index is 1.85. The predicted molar refractivity (Wildman–Crippen MR) is 68.5 cm³/mol. The number of carbonyl (C=O) groups excluding carboxylic acids is 1. The van der Waals surface area contributed by atoms with Crippen molar-refractivity contribution in [3.63, 3.8) is 0 Å². The zero-order chi connectivity index (χ0) is 14.5. The van der Waals surface area contributed by atoms with Crippen LogP contribution in [0.4, 0.5) is 0 Å². The van der Waals surface area contributed by atoms with Crippen LogP contribution in [0, 0.1) is 5.41 Å². The van der Waals surface area contributed by atoms with Crippen molar-refractivity contribution in [3.8, 4) is 0 Å². The van der Waals surface area contributed by atoms with Gasteiger partial charge in [-0.1, -0.05) is 0 Å². The second-order valence-corrected chi connectivity index (χ2v) is 6.28. The van der Waals surface area contributed by atoms with E-state index >= 15 is 0 Å². The molecule has 20 heavy (non-hydrogen) atoms. The predicted octanol–water partition coefficient (Wildman–Crippen LogP) is -1.93. The summed E-state index contributed by atoms with van der Waals surface area (Å²) in [5, 5.41) is 20.5. The summed E-state index contributed by atoms with van der Waals surface area (Å²) in [6.07, 6.45) is 0.185. The average Bonchev–Trinajstić information content (AvgIpc) is 2.83. The van der Waals surface area contributed by atoms with Gasteiger partial charge in [0.15, 0.2) is 5.82 Å². The Morgan fingerprint density at radius 3 is 3.00 bits per heavy atom. The van der Waals surface area contributed by atoms with Gasteiger partial charge < -0.3 is 15.7 Å². The van der Waals surface area contributed by atoms with Crippen molar-refractivity contribution in [2.24, 2.45) is 18.2 Å². The Labute approximate surface area is 118 Å². The minimum absolute atomic E-state index is 0.104. The Bertz CT molecular complexity index is 577. The third-order valence-corrected chi connectivity index (χ3v) is 5.45. The Morgan fingerprint density at radius 2 is 2.40 bits per heavy atom. The second-order valence-electron chi connectivity index (χ2n) is 5.17. The highest BCUT2D eigenvalue weighted by Gasteiger charge is 2.56. The molecule has 0 aromatic carbocycles. The topological polar surface area (TPSA) is 127 Å². The van der Waals surface area contributed by atoms with Crippen LogP contribution in [0.25, 0.3) is 0 Å². The van der Waals surface area contributed by atoms with E-state index in [0.717, 1.165) is 0 Å². The van der Waals surface area contributed by atoms with Gasteiger partial charge in [-0.15, -0.1) is 16.9 Å². The SMILES string of the molecule is Cn1nnnc1CC1(C(=O)O)CS[C@@H]2C(N)C(=O)N2C1. The zero-order valence-electron chi connectivity index (χ0n) is 10.8. The van der Waals surface area contributed by atoms with Crippen molar-refractivity contribution in [3.05, 3.63) is 5.82 Å². The number of tetrazole rings is 1. The summed E-state index contributed by atoms with van der Waals surface area (Å²) in [6, 6.07) is -0.511. The first-order chi connectivity index (χ1) is 9.44. The number of hydrogen-bond donors (Lipinski definition) is 2. The molecular formula is C10H14N6O3S. The lowest BCUT2D eigenvalue weighted by Crippen LogP contribution is -2.72. The molecule has 2 aliphatic heterocycles. The molecule has 1 aromatic heterocycles. The fourth-order valence-corrected chi connectivity index (χ4v) is 4.03. The molecule has 0 aliphatic carbocycles. The Hall–Kier alpha value is -1.68. The summed E-state index contributed by atoms with van der Waals surface area (Å²) in [6.45, 7) is 0.152. The number of rotatable bonds is 3. The van der Waals surface area contributed by atoms with Crippen LogP contribution in [0.15, 0.2) is 0 Å². The van der Waals surface area contributed by atoms with Gasteiger partial charge in [0.05, 0.1) is 0 Å². The summed E-state index contributed by atoms with van der Waals surface area (Å²) in [5.74, 6) is -0.260. The maximum atomic E-state index is 11.7. The lowest BCUT2D eigenvalue weighted by atomic mass is 9.83. The van der Waals surface area contributed by atoms with E-state index in [-0.39, 0.29) is 24.2 Å². The lowest BCUT2D eigenvalue weighted by Gasteiger charge is -2.52. The Morgan fingerprint density at radius 1 is 1.65 bits per heavy atom. The van der Waals surface area contributed by atoms with Crippen LogP contribution < -0.4 is 5.73 Å². The van der Waals surface area contributed by atoms with Crippen LogP contribution in [-0.4, -0.2) is 65.8 Å². The van der Waals surface area contributed by atoms with E-state index in [1.165, 1.54) is 21.3 Å². The maximum absolute atomic E-state index is 11.7. The Kier molecular flexibility index (Phi) is 2.94.